The summed E-state index contributed by atoms with van der Waals surface area (Å²) in [6.45, 7) is 0.549. The Labute approximate surface area is 88.7 Å². The molecule has 0 aliphatic carbocycles. The van der Waals surface area contributed by atoms with Gasteiger partial charge in [-0.1, -0.05) is 0 Å². The molecule has 1 aromatic carbocycles. The number of fused-ring (bicyclic) bond motifs is 1. The van der Waals surface area contributed by atoms with Crippen molar-refractivity contribution >= 4 is 23.3 Å². The SMILES string of the molecule is COc1ccc2[nH]cc(CN)c2c1.Cl. The van der Waals surface area contributed by atoms with E-state index in [1.54, 1.807) is 7.11 Å². The highest BCUT2D eigenvalue weighted by Gasteiger charge is 2.02. The maximum Gasteiger partial charge on any atom is 0.119 e. The minimum absolute atomic E-state index is 0. The zero-order valence-corrected chi connectivity index (χ0v) is 8.73. The Bertz CT molecular complexity index is 425. The molecule has 0 bridgehead atoms. The number of H-pyrrole nitrogens is 1. The molecule has 0 aliphatic heterocycles. The number of nitrogens with two attached hydrogens (primary N) is 1. The van der Waals surface area contributed by atoms with E-state index in [0.29, 0.717) is 6.54 Å². The largest absolute Gasteiger partial charge is 0.497 e. The van der Waals surface area contributed by atoms with Gasteiger partial charge in [0.15, 0.2) is 0 Å². The Kier molecular flexibility index (Phi) is 3.38. The van der Waals surface area contributed by atoms with Crippen molar-refractivity contribution in [3.63, 3.8) is 0 Å². The Morgan fingerprint density at radius 1 is 1.43 bits per heavy atom. The molecule has 1 aromatic heterocycles. The molecular weight excluding hydrogens is 200 g/mol. The monoisotopic (exact) mass is 212 g/mol. The van der Waals surface area contributed by atoms with Crippen molar-refractivity contribution in [3.05, 3.63) is 30.0 Å². The summed E-state index contributed by atoms with van der Waals surface area (Å²) in [6.07, 6.45) is 1.93. The molecule has 0 fully saturated rings. The molecule has 0 radical (unpaired) electrons. The van der Waals surface area contributed by atoms with Crippen LogP contribution in [0.5, 0.6) is 5.75 Å². The summed E-state index contributed by atoms with van der Waals surface area (Å²) in [6, 6.07) is 5.92. The Balaban J connectivity index is 0.000000980. The maximum atomic E-state index is 5.59. The van der Waals surface area contributed by atoms with Gasteiger partial charge >= 0.3 is 0 Å². The summed E-state index contributed by atoms with van der Waals surface area (Å²) >= 11 is 0. The number of rotatable bonds is 2. The first-order valence-corrected chi connectivity index (χ1v) is 4.19. The summed E-state index contributed by atoms with van der Waals surface area (Å²) in [4.78, 5) is 3.15. The van der Waals surface area contributed by atoms with Crippen LogP contribution in [0.4, 0.5) is 0 Å². The molecule has 0 atom stereocenters. The third-order valence-corrected chi connectivity index (χ3v) is 2.19. The lowest BCUT2D eigenvalue weighted by atomic mass is 10.2. The van der Waals surface area contributed by atoms with E-state index < -0.39 is 0 Å². The minimum atomic E-state index is 0. The van der Waals surface area contributed by atoms with Crippen molar-refractivity contribution in [2.45, 2.75) is 6.54 Å². The first-order valence-electron chi connectivity index (χ1n) is 4.19. The second-order valence-electron chi connectivity index (χ2n) is 2.93. The van der Waals surface area contributed by atoms with Crippen molar-refractivity contribution in [2.24, 2.45) is 5.73 Å². The Morgan fingerprint density at radius 3 is 2.86 bits per heavy atom. The molecule has 76 valence electrons. The van der Waals surface area contributed by atoms with Crippen molar-refractivity contribution in [1.29, 1.82) is 0 Å². The lowest BCUT2D eigenvalue weighted by Gasteiger charge is -1.99. The Morgan fingerprint density at radius 2 is 2.21 bits per heavy atom. The molecule has 0 saturated heterocycles. The van der Waals surface area contributed by atoms with Crippen LogP contribution in [0.3, 0.4) is 0 Å². The molecule has 14 heavy (non-hydrogen) atoms. The summed E-state index contributed by atoms with van der Waals surface area (Å²) in [5, 5.41) is 1.14. The highest BCUT2D eigenvalue weighted by Crippen LogP contribution is 2.22. The maximum absolute atomic E-state index is 5.59. The van der Waals surface area contributed by atoms with Crippen LogP contribution < -0.4 is 10.5 Å². The average molecular weight is 213 g/mol. The van der Waals surface area contributed by atoms with Gasteiger partial charge in [0.1, 0.15) is 5.75 Å². The molecule has 2 aromatic rings. The average Bonchev–Trinajstić information content (AvgIpc) is 2.59. The molecule has 0 amide bonds. The van der Waals surface area contributed by atoms with Crippen LogP contribution in [-0.2, 0) is 6.54 Å². The topological polar surface area (TPSA) is 51.0 Å². The first kappa shape index (κ1) is 10.9. The standard InChI is InChI=1S/C10H12N2O.ClH/c1-13-8-2-3-10-9(4-8)7(5-11)6-12-10;/h2-4,6,12H,5,11H2,1H3;1H. The van der Waals surface area contributed by atoms with Crippen LogP contribution in [0.25, 0.3) is 10.9 Å². The number of hydrogen-bond donors (Lipinski definition) is 2. The van der Waals surface area contributed by atoms with Gasteiger partial charge in [-0.3, -0.25) is 0 Å². The third-order valence-electron chi connectivity index (χ3n) is 2.19. The predicted octanol–water partition coefficient (Wildman–Crippen LogP) is 2.06. The molecule has 3 nitrogen and oxygen atoms in total. The van der Waals surface area contributed by atoms with Gasteiger partial charge in [0.2, 0.25) is 0 Å². The van der Waals surface area contributed by atoms with Crippen molar-refractivity contribution in [2.75, 3.05) is 7.11 Å². The molecule has 4 heteroatoms. The summed E-state index contributed by atoms with van der Waals surface area (Å²) in [7, 11) is 1.66. The molecular formula is C10H13ClN2O. The second-order valence-corrected chi connectivity index (χ2v) is 2.93. The van der Waals surface area contributed by atoms with E-state index >= 15 is 0 Å². The van der Waals surface area contributed by atoms with Crippen LogP contribution >= 0.6 is 12.4 Å². The zero-order chi connectivity index (χ0) is 9.26. The molecule has 1 heterocycles. The predicted molar refractivity (Wildman–Crippen MR) is 60.0 cm³/mol. The van der Waals surface area contributed by atoms with E-state index in [-0.39, 0.29) is 12.4 Å². The molecule has 3 N–H and O–H groups in total. The lowest BCUT2D eigenvalue weighted by molar-refractivity contribution is 0.415. The second kappa shape index (κ2) is 4.35. The smallest absolute Gasteiger partial charge is 0.119 e. The summed E-state index contributed by atoms with van der Waals surface area (Å²) in [5.74, 6) is 0.863. The number of aromatic nitrogens is 1. The van der Waals surface area contributed by atoms with Gasteiger partial charge in [0.05, 0.1) is 7.11 Å². The van der Waals surface area contributed by atoms with Gasteiger partial charge in [-0.05, 0) is 23.8 Å². The fourth-order valence-corrected chi connectivity index (χ4v) is 1.45. The zero-order valence-electron chi connectivity index (χ0n) is 7.91. The van der Waals surface area contributed by atoms with Gasteiger partial charge in [-0.2, -0.15) is 0 Å². The van der Waals surface area contributed by atoms with Crippen LogP contribution in [0.2, 0.25) is 0 Å². The van der Waals surface area contributed by atoms with Gasteiger partial charge in [-0.15, -0.1) is 12.4 Å². The van der Waals surface area contributed by atoms with Crippen LogP contribution in [0.15, 0.2) is 24.4 Å². The van der Waals surface area contributed by atoms with Gasteiger partial charge in [0.25, 0.3) is 0 Å². The van der Waals surface area contributed by atoms with Crippen molar-refractivity contribution in [3.8, 4) is 5.75 Å². The van der Waals surface area contributed by atoms with Gasteiger partial charge in [0, 0.05) is 23.6 Å². The van der Waals surface area contributed by atoms with Crippen molar-refractivity contribution < 1.29 is 4.74 Å². The number of ether oxygens (including phenoxy) is 1. The Hall–Kier alpha value is -1.19. The van der Waals surface area contributed by atoms with E-state index in [1.807, 2.05) is 24.4 Å². The van der Waals surface area contributed by atoms with Gasteiger partial charge in [-0.25, -0.2) is 0 Å². The fourth-order valence-electron chi connectivity index (χ4n) is 1.45. The van der Waals surface area contributed by atoms with Gasteiger partial charge < -0.3 is 15.5 Å². The first-order chi connectivity index (χ1) is 6.35. The number of aromatic amines is 1. The highest BCUT2D eigenvalue weighted by atomic mass is 35.5. The van der Waals surface area contributed by atoms with E-state index in [4.69, 9.17) is 10.5 Å². The van der Waals surface area contributed by atoms with E-state index in [1.165, 1.54) is 0 Å². The summed E-state index contributed by atoms with van der Waals surface area (Å²) in [5.41, 5.74) is 7.81. The molecule has 0 spiro atoms. The van der Waals surface area contributed by atoms with Crippen LogP contribution in [0.1, 0.15) is 5.56 Å². The molecule has 0 unspecified atom stereocenters. The normalized spacial score (nSPS) is 9.86. The lowest BCUT2D eigenvalue weighted by Crippen LogP contribution is -1.94. The molecule has 2 rings (SSSR count). The number of methoxy groups -OCH3 is 1. The van der Waals surface area contributed by atoms with E-state index in [2.05, 4.69) is 4.98 Å². The summed E-state index contributed by atoms with van der Waals surface area (Å²) < 4.78 is 5.14. The number of hydrogen-bond acceptors (Lipinski definition) is 2. The molecule has 0 saturated carbocycles. The number of benzene rings is 1. The van der Waals surface area contributed by atoms with E-state index in [0.717, 1.165) is 22.2 Å². The fraction of sp³-hybridized carbons (Fsp3) is 0.200. The number of halogens is 1. The van der Waals surface area contributed by atoms with E-state index in [9.17, 15) is 0 Å². The van der Waals surface area contributed by atoms with Crippen LogP contribution in [0, 0.1) is 0 Å². The quantitative estimate of drug-likeness (QED) is 0.801. The van der Waals surface area contributed by atoms with Crippen molar-refractivity contribution in [1.82, 2.24) is 4.98 Å². The van der Waals surface area contributed by atoms with Crippen LogP contribution in [-0.4, -0.2) is 12.1 Å². The third kappa shape index (κ3) is 1.69. The minimum Gasteiger partial charge on any atom is -0.497 e. The highest BCUT2D eigenvalue weighted by molar-refractivity contribution is 5.85. The molecule has 0 aliphatic rings. The number of nitrogens with one attached hydrogen (secondary N) is 1.